The number of likely N-dealkylation sites (N-methyl/N-ethyl adjacent to an activating group) is 1. The van der Waals surface area contributed by atoms with Gasteiger partial charge in [-0.05, 0) is 26.9 Å². The largest absolute Gasteiger partial charge is 0.353 e. The highest BCUT2D eigenvalue weighted by molar-refractivity contribution is 5.75. The zero-order valence-corrected chi connectivity index (χ0v) is 13.0. The molecule has 1 amide bonds. The molecule has 1 aliphatic rings. The zero-order valence-electron chi connectivity index (χ0n) is 13.0. The fourth-order valence-corrected chi connectivity index (χ4v) is 2.97. The summed E-state index contributed by atoms with van der Waals surface area (Å²) in [6.45, 7) is 1.22. The van der Waals surface area contributed by atoms with Gasteiger partial charge in [0.15, 0.2) is 0 Å². The fourth-order valence-electron chi connectivity index (χ4n) is 2.97. The average molecular weight is 294 g/mol. The highest BCUT2D eigenvalue weighted by Gasteiger charge is 2.34. The van der Waals surface area contributed by atoms with Crippen LogP contribution in [0.1, 0.15) is 37.8 Å². The van der Waals surface area contributed by atoms with Gasteiger partial charge < -0.3 is 16.0 Å². The van der Waals surface area contributed by atoms with Crippen molar-refractivity contribution >= 4 is 5.91 Å². The van der Waals surface area contributed by atoms with E-state index in [1.807, 2.05) is 0 Å². The third kappa shape index (κ3) is 4.01. The molecule has 1 fully saturated rings. The molecule has 7 nitrogen and oxygen atoms in total. The van der Waals surface area contributed by atoms with Crippen molar-refractivity contribution in [2.75, 3.05) is 20.6 Å². The molecular formula is C14H26N6O. The van der Waals surface area contributed by atoms with E-state index in [4.69, 9.17) is 5.73 Å². The molecule has 0 atom stereocenters. The molecule has 1 heterocycles. The van der Waals surface area contributed by atoms with E-state index in [1.54, 1.807) is 6.20 Å². The summed E-state index contributed by atoms with van der Waals surface area (Å²) in [5.41, 5.74) is 6.27. The fraction of sp³-hybridized carbons (Fsp3) is 0.786. The molecule has 1 aromatic rings. The SMILES string of the molecule is CN(C)C1(CNC(=O)Cn2cc(CN)nn2)CCCCC1. The number of nitrogens with two attached hydrogens (primary N) is 1. The van der Waals surface area contributed by atoms with Crippen molar-refractivity contribution < 1.29 is 4.79 Å². The van der Waals surface area contributed by atoms with E-state index in [-0.39, 0.29) is 18.0 Å². The van der Waals surface area contributed by atoms with Crippen molar-refractivity contribution in [3.63, 3.8) is 0 Å². The van der Waals surface area contributed by atoms with Crippen LogP contribution in [-0.2, 0) is 17.9 Å². The molecule has 0 saturated heterocycles. The third-order valence-electron chi connectivity index (χ3n) is 4.45. The Hall–Kier alpha value is -1.47. The number of aromatic nitrogens is 3. The minimum absolute atomic E-state index is 0.0322. The number of nitrogens with zero attached hydrogens (tertiary/aromatic N) is 4. The maximum atomic E-state index is 12.1. The Morgan fingerprint density at radius 1 is 1.43 bits per heavy atom. The molecule has 1 saturated carbocycles. The van der Waals surface area contributed by atoms with Gasteiger partial charge in [-0.25, -0.2) is 4.68 Å². The summed E-state index contributed by atoms with van der Waals surface area (Å²) in [6, 6.07) is 0. The number of hydrogen-bond donors (Lipinski definition) is 2. The minimum Gasteiger partial charge on any atom is -0.353 e. The average Bonchev–Trinajstić information content (AvgIpc) is 2.93. The van der Waals surface area contributed by atoms with Crippen LogP contribution in [-0.4, -0.2) is 52.0 Å². The number of nitrogens with one attached hydrogen (secondary N) is 1. The summed E-state index contributed by atoms with van der Waals surface area (Å²) < 4.78 is 1.53. The van der Waals surface area contributed by atoms with Crippen LogP contribution in [0.2, 0.25) is 0 Å². The molecule has 0 aliphatic heterocycles. The van der Waals surface area contributed by atoms with Crippen molar-refractivity contribution in [2.24, 2.45) is 5.73 Å². The van der Waals surface area contributed by atoms with Gasteiger partial charge in [0.25, 0.3) is 0 Å². The number of hydrogen-bond acceptors (Lipinski definition) is 5. The molecule has 7 heteroatoms. The lowest BCUT2D eigenvalue weighted by molar-refractivity contribution is -0.122. The first-order valence-electron chi connectivity index (χ1n) is 7.59. The minimum atomic E-state index is -0.0322. The second-order valence-electron chi connectivity index (χ2n) is 6.07. The van der Waals surface area contributed by atoms with Crippen LogP contribution in [0.4, 0.5) is 0 Å². The Balaban J connectivity index is 1.87. The van der Waals surface area contributed by atoms with Gasteiger partial charge in [-0.1, -0.05) is 24.5 Å². The van der Waals surface area contributed by atoms with E-state index in [2.05, 4.69) is 34.6 Å². The van der Waals surface area contributed by atoms with Crippen molar-refractivity contribution in [3.05, 3.63) is 11.9 Å². The van der Waals surface area contributed by atoms with Crippen LogP contribution in [0.3, 0.4) is 0 Å². The van der Waals surface area contributed by atoms with Crippen LogP contribution in [0.25, 0.3) is 0 Å². The van der Waals surface area contributed by atoms with Gasteiger partial charge in [0.05, 0.1) is 11.9 Å². The molecular weight excluding hydrogens is 268 g/mol. The first-order valence-corrected chi connectivity index (χ1v) is 7.59. The summed E-state index contributed by atoms with van der Waals surface area (Å²) in [7, 11) is 4.20. The molecule has 21 heavy (non-hydrogen) atoms. The molecule has 118 valence electrons. The standard InChI is InChI=1S/C14H26N6O/c1-19(2)14(6-4-3-5-7-14)11-16-13(21)10-20-9-12(8-15)17-18-20/h9H,3-8,10-11,15H2,1-2H3,(H,16,21). The predicted molar refractivity (Wildman–Crippen MR) is 80.4 cm³/mol. The molecule has 1 aromatic heterocycles. The Labute approximate surface area is 125 Å². The quantitative estimate of drug-likeness (QED) is 0.778. The van der Waals surface area contributed by atoms with Gasteiger partial charge in [-0.15, -0.1) is 5.10 Å². The van der Waals surface area contributed by atoms with E-state index in [1.165, 1.54) is 23.9 Å². The summed E-state index contributed by atoms with van der Waals surface area (Å²) in [6.07, 6.45) is 7.75. The van der Waals surface area contributed by atoms with Crippen LogP contribution in [0.5, 0.6) is 0 Å². The zero-order chi connectivity index (χ0) is 15.3. The van der Waals surface area contributed by atoms with Gasteiger partial charge in [0.1, 0.15) is 6.54 Å². The monoisotopic (exact) mass is 294 g/mol. The van der Waals surface area contributed by atoms with Gasteiger partial charge in [0.2, 0.25) is 5.91 Å². The van der Waals surface area contributed by atoms with Crippen LogP contribution in [0, 0.1) is 0 Å². The maximum absolute atomic E-state index is 12.1. The van der Waals surface area contributed by atoms with E-state index in [9.17, 15) is 4.79 Å². The summed E-state index contributed by atoms with van der Waals surface area (Å²) in [5, 5.41) is 10.8. The van der Waals surface area contributed by atoms with Crippen molar-refractivity contribution in [2.45, 2.75) is 50.7 Å². The van der Waals surface area contributed by atoms with Gasteiger partial charge in [-0.2, -0.15) is 0 Å². The highest BCUT2D eigenvalue weighted by Crippen LogP contribution is 2.31. The normalized spacial score (nSPS) is 17.9. The Bertz CT molecular complexity index is 464. The van der Waals surface area contributed by atoms with Crippen molar-refractivity contribution in [1.82, 2.24) is 25.2 Å². The Morgan fingerprint density at radius 3 is 2.71 bits per heavy atom. The second-order valence-corrected chi connectivity index (χ2v) is 6.07. The topological polar surface area (TPSA) is 89.1 Å². The first-order chi connectivity index (χ1) is 10.1. The molecule has 0 unspecified atom stereocenters. The Morgan fingerprint density at radius 2 is 2.14 bits per heavy atom. The molecule has 2 rings (SSSR count). The number of rotatable bonds is 6. The number of amides is 1. The number of carbonyl (C=O) groups excluding carboxylic acids is 1. The predicted octanol–water partition coefficient (Wildman–Crippen LogP) is 0.118. The summed E-state index contributed by atoms with van der Waals surface area (Å²) in [5.74, 6) is -0.0322. The molecule has 1 aliphatic carbocycles. The molecule has 0 bridgehead atoms. The van der Waals surface area contributed by atoms with Crippen LogP contribution in [0.15, 0.2) is 6.20 Å². The molecule has 3 N–H and O–H groups in total. The van der Waals surface area contributed by atoms with Crippen molar-refractivity contribution in [1.29, 1.82) is 0 Å². The second kappa shape index (κ2) is 7.00. The molecule has 0 aromatic carbocycles. The lowest BCUT2D eigenvalue weighted by atomic mass is 9.80. The lowest BCUT2D eigenvalue weighted by Gasteiger charge is -2.43. The maximum Gasteiger partial charge on any atom is 0.241 e. The van der Waals surface area contributed by atoms with E-state index < -0.39 is 0 Å². The van der Waals surface area contributed by atoms with Crippen LogP contribution < -0.4 is 11.1 Å². The van der Waals surface area contributed by atoms with Crippen molar-refractivity contribution in [3.8, 4) is 0 Å². The summed E-state index contributed by atoms with van der Waals surface area (Å²) in [4.78, 5) is 14.3. The van der Waals surface area contributed by atoms with Crippen LogP contribution >= 0.6 is 0 Å². The third-order valence-corrected chi connectivity index (χ3v) is 4.45. The summed E-state index contributed by atoms with van der Waals surface area (Å²) >= 11 is 0. The van der Waals surface area contributed by atoms with Gasteiger partial charge in [0, 0.05) is 18.6 Å². The lowest BCUT2D eigenvalue weighted by Crippen LogP contribution is -2.54. The number of carbonyl (C=O) groups is 1. The van der Waals surface area contributed by atoms with Gasteiger partial charge >= 0.3 is 0 Å². The van der Waals surface area contributed by atoms with E-state index in [0.717, 1.165) is 12.8 Å². The molecule has 0 spiro atoms. The smallest absolute Gasteiger partial charge is 0.241 e. The Kier molecular flexibility index (Phi) is 5.30. The molecule has 0 radical (unpaired) electrons. The van der Waals surface area contributed by atoms with E-state index >= 15 is 0 Å². The van der Waals surface area contributed by atoms with E-state index in [0.29, 0.717) is 18.8 Å². The van der Waals surface area contributed by atoms with Gasteiger partial charge in [-0.3, -0.25) is 4.79 Å². The first kappa shape index (κ1) is 15.9. The highest BCUT2D eigenvalue weighted by atomic mass is 16.2.